The number of methoxy groups -OCH3 is 1. The van der Waals surface area contributed by atoms with Gasteiger partial charge in [-0.15, -0.1) is 0 Å². The van der Waals surface area contributed by atoms with E-state index in [1.165, 1.54) is 0 Å². The van der Waals surface area contributed by atoms with Crippen LogP contribution in [0.1, 0.15) is 42.4 Å². The molecule has 2 rings (SSSR count). The van der Waals surface area contributed by atoms with Crippen molar-refractivity contribution >= 4 is 17.7 Å². The summed E-state index contributed by atoms with van der Waals surface area (Å²) in [4.78, 5) is 36.0. The summed E-state index contributed by atoms with van der Waals surface area (Å²) in [7, 11) is 1.06. The third-order valence-electron chi connectivity index (χ3n) is 4.78. The van der Waals surface area contributed by atoms with Crippen molar-refractivity contribution in [3.63, 3.8) is 0 Å². The van der Waals surface area contributed by atoms with E-state index in [1.807, 2.05) is 0 Å². The number of alkyl halides is 6. The number of ketones is 1. The summed E-state index contributed by atoms with van der Waals surface area (Å²) in [6.45, 7) is 0. The van der Waals surface area contributed by atoms with Gasteiger partial charge in [-0.2, -0.15) is 26.3 Å². The first-order chi connectivity index (χ1) is 13.8. The summed E-state index contributed by atoms with van der Waals surface area (Å²) >= 11 is 0. The maximum atomic E-state index is 13.0. The van der Waals surface area contributed by atoms with Gasteiger partial charge in [0, 0.05) is 12.8 Å². The van der Waals surface area contributed by atoms with Crippen molar-refractivity contribution in [2.24, 2.45) is 5.92 Å². The molecule has 0 saturated heterocycles. The molecule has 0 bridgehead atoms. The molecule has 0 heterocycles. The van der Waals surface area contributed by atoms with Crippen molar-refractivity contribution in [1.82, 2.24) is 5.32 Å². The van der Waals surface area contributed by atoms with E-state index in [4.69, 9.17) is 0 Å². The van der Waals surface area contributed by atoms with Gasteiger partial charge in [0.25, 0.3) is 0 Å². The van der Waals surface area contributed by atoms with Crippen LogP contribution in [-0.2, 0) is 37.9 Å². The Labute approximate surface area is 167 Å². The van der Waals surface area contributed by atoms with Gasteiger partial charge >= 0.3 is 18.3 Å². The second-order valence-corrected chi connectivity index (χ2v) is 7.05. The minimum absolute atomic E-state index is 0.0157. The van der Waals surface area contributed by atoms with Crippen LogP contribution in [0.2, 0.25) is 0 Å². The van der Waals surface area contributed by atoms with Gasteiger partial charge in [-0.25, -0.2) is 4.79 Å². The van der Waals surface area contributed by atoms with Crippen LogP contribution in [0.15, 0.2) is 18.2 Å². The van der Waals surface area contributed by atoms with Crippen LogP contribution in [0.4, 0.5) is 26.3 Å². The molecule has 2 atom stereocenters. The first-order valence-corrected chi connectivity index (χ1v) is 8.98. The molecule has 1 saturated carbocycles. The Bertz CT molecular complexity index is 786. The lowest BCUT2D eigenvalue weighted by Gasteiger charge is -2.28. The number of rotatable bonds is 5. The number of carbonyl (C=O) groups is 3. The normalized spacial score (nSPS) is 18.6. The molecule has 1 N–H and O–H groups in total. The zero-order valence-electron chi connectivity index (χ0n) is 15.8. The van der Waals surface area contributed by atoms with E-state index < -0.39 is 59.3 Å². The highest BCUT2D eigenvalue weighted by Gasteiger charge is 2.38. The number of hydrogen-bond acceptors (Lipinski definition) is 4. The Hall–Kier alpha value is -2.59. The van der Waals surface area contributed by atoms with E-state index in [1.54, 1.807) is 0 Å². The van der Waals surface area contributed by atoms with Crippen molar-refractivity contribution in [1.29, 1.82) is 0 Å². The summed E-state index contributed by atoms with van der Waals surface area (Å²) in [5.74, 6) is -2.48. The SMILES string of the molecule is COC(=O)[C@H](NC(=O)Cc1cc(C(F)(F)F)cc(C(F)(F)F)c1)[C@@H]1CCCC(=O)C1. The second-order valence-electron chi connectivity index (χ2n) is 7.05. The van der Waals surface area contributed by atoms with Gasteiger partial charge in [0.1, 0.15) is 11.8 Å². The van der Waals surface area contributed by atoms with E-state index in [2.05, 4.69) is 10.1 Å². The smallest absolute Gasteiger partial charge is 0.416 e. The standard InChI is InChI=1S/C19H19F6NO4/c1-30-17(29)16(11-3-2-4-14(27)8-11)26-15(28)7-10-5-12(18(20,21)22)9-13(6-10)19(23,24)25/h5-6,9,11,16H,2-4,7-8H2,1H3,(H,26,28)/t11-,16-/m1/s1. The fourth-order valence-corrected chi connectivity index (χ4v) is 3.37. The molecular weight excluding hydrogens is 420 g/mol. The Balaban J connectivity index is 2.24. The van der Waals surface area contributed by atoms with Gasteiger partial charge in [0.15, 0.2) is 0 Å². The molecule has 0 radical (unpaired) electrons. The minimum atomic E-state index is -5.04. The van der Waals surface area contributed by atoms with Crippen LogP contribution in [-0.4, -0.2) is 30.8 Å². The van der Waals surface area contributed by atoms with Crippen molar-refractivity contribution in [3.8, 4) is 0 Å². The molecule has 0 aliphatic heterocycles. The zero-order valence-corrected chi connectivity index (χ0v) is 15.8. The molecule has 0 spiro atoms. The summed E-state index contributed by atoms with van der Waals surface area (Å²) in [5, 5.41) is 2.29. The third kappa shape index (κ3) is 6.20. The van der Waals surface area contributed by atoms with Gasteiger partial charge in [-0.05, 0) is 42.5 Å². The van der Waals surface area contributed by atoms with Crippen LogP contribution in [0.5, 0.6) is 0 Å². The predicted octanol–water partition coefficient (Wildman–Crippen LogP) is 3.68. The highest BCUT2D eigenvalue weighted by Crippen LogP contribution is 2.36. The third-order valence-corrected chi connectivity index (χ3v) is 4.78. The van der Waals surface area contributed by atoms with Crippen molar-refractivity contribution in [2.75, 3.05) is 7.11 Å². The van der Waals surface area contributed by atoms with E-state index in [-0.39, 0.29) is 18.3 Å². The van der Waals surface area contributed by atoms with Gasteiger partial charge in [-0.1, -0.05) is 0 Å². The van der Waals surface area contributed by atoms with Gasteiger partial charge in [-0.3, -0.25) is 9.59 Å². The van der Waals surface area contributed by atoms with Crippen LogP contribution in [0.25, 0.3) is 0 Å². The predicted molar refractivity (Wildman–Crippen MR) is 91.1 cm³/mol. The van der Waals surface area contributed by atoms with Gasteiger partial charge in [0.05, 0.1) is 24.7 Å². The van der Waals surface area contributed by atoms with E-state index >= 15 is 0 Å². The average molecular weight is 439 g/mol. The summed E-state index contributed by atoms with van der Waals surface area (Å²) < 4.78 is 82.3. The largest absolute Gasteiger partial charge is 0.467 e. The molecule has 5 nitrogen and oxygen atoms in total. The Morgan fingerprint density at radius 2 is 1.67 bits per heavy atom. The number of carbonyl (C=O) groups excluding carboxylic acids is 3. The fraction of sp³-hybridized carbons (Fsp3) is 0.526. The van der Waals surface area contributed by atoms with Crippen molar-refractivity contribution in [3.05, 3.63) is 34.9 Å². The second kappa shape index (κ2) is 9.05. The number of esters is 1. The molecule has 166 valence electrons. The highest BCUT2D eigenvalue weighted by molar-refractivity contribution is 5.87. The topological polar surface area (TPSA) is 72.5 Å². The number of halogens is 6. The molecule has 0 aromatic heterocycles. The lowest BCUT2D eigenvalue weighted by Crippen LogP contribution is -2.48. The fourth-order valence-electron chi connectivity index (χ4n) is 3.37. The first kappa shape index (κ1) is 23.7. The number of Topliss-reactive ketones (excluding diaryl/α,β-unsaturated/α-hetero) is 1. The Morgan fingerprint density at radius 1 is 1.10 bits per heavy atom. The lowest BCUT2D eigenvalue weighted by molar-refractivity contribution is -0.147. The summed E-state index contributed by atoms with van der Waals surface area (Å²) in [6, 6.07) is -0.357. The number of nitrogens with one attached hydrogen (secondary N) is 1. The quantitative estimate of drug-likeness (QED) is 0.561. The van der Waals surface area contributed by atoms with E-state index in [0.29, 0.717) is 31.4 Å². The molecule has 0 unspecified atom stereocenters. The van der Waals surface area contributed by atoms with Crippen LogP contribution >= 0.6 is 0 Å². The van der Waals surface area contributed by atoms with Crippen molar-refractivity contribution < 1.29 is 45.5 Å². The van der Waals surface area contributed by atoms with Crippen LogP contribution < -0.4 is 5.32 Å². The molecule has 1 fully saturated rings. The van der Waals surface area contributed by atoms with Crippen LogP contribution in [0.3, 0.4) is 0 Å². The molecule has 1 aliphatic carbocycles. The molecule has 1 amide bonds. The first-order valence-electron chi connectivity index (χ1n) is 8.98. The van der Waals surface area contributed by atoms with Gasteiger partial charge < -0.3 is 10.1 Å². The minimum Gasteiger partial charge on any atom is -0.467 e. The molecule has 1 aliphatic rings. The molecule has 30 heavy (non-hydrogen) atoms. The summed E-state index contributed by atoms with van der Waals surface area (Å²) in [6.07, 6.45) is -9.61. The highest BCUT2D eigenvalue weighted by atomic mass is 19.4. The molecule has 11 heteroatoms. The Kier molecular flexibility index (Phi) is 7.14. The molecule has 1 aromatic rings. The van der Waals surface area contributed by atoms with Crippen LogP contribution in [0, 0.1) is 5.92 Å². The maximum absolute atomic E-state index is 13.0. The maximum Gasteiger partial charge on any atom is 0.416 e. The lowest BCUT2D eigenvalue weighted by atomic mass is 9.83. The average Bonchev–Trinajstić information content (AvgIpc) is 2.63. The summed E-state index contributed by atoms with van der Waals surface area (Å²) in [5.41, 5.74) is -3.59. The molecular formula is C19H19F6NO4. The zero-order chi connectivity index (χ0) is 22.7. The van der Waals surface area contributed by atoms with E-state index in [0.717, 1.165) is 7.11 Å². The van der Waals surface area contributed by atoms with Crippen molar-refractivity contribution in [2.45, 2.75) is 50.5 Å². The molecule has 1 aromatic carbocycles. The number of benzene rings is 1. The number of hydrogen-bond donors (Lipinski definition) is 1. The monoisotopic (exact) mass is 439 g/mol. The number of ether oxygens (including phenoxy) is 1. The van der Waals surface area contributed by atoms with E-state index in [9.17, 15) is 40.7 Å². The van der Waals surface area contributed by atoms with Gasteiger partial charge in [0.2, 0.25) is 5.91 Å². The Morgan fingerprint density at radius 3 is 2.13 bits per heavy atom. The number of amides is 1.